The van der Waals surface area contributed by atoms with Crippen LogP contribution in [0.15, 0.2) is 0 Å². The van der Waals surface area contributed by atoms with Gasteiger partial charge in [0.05, 0.1) is 0 Å². The van der Waals surface area contributed by atoms with Crippen LogP contribution < -0.4 is 0 Å². The predicted molar refractivity (Wildman–Crippen MR) is 41.7 cm³/mol. The van der Waals surface area contributed by atoms with E-state index in [9.17, 15) is 13.8 Å². The van der Waals surface area contributed by atoms with E-state index in [0.717, 1.165) is 0 Å². The summed E-state index contributed by atoms with van der Waals surface area (Å²) < 4.78 is 9.56. The standard InChI is InChI=1S/C2Cl2O2.C2H6OS/c3-1(5)2(4)6;1-4(2)3/h;1-2H3. The maximum Gasteiger partial charge on any atom is 0.304 e. The van der Waals surface area contributed by atoms with Crippen LogP contribution in [-0.4, -0.2) is 27.2 Å². The van der Waals surface area contributed by atoms with Crippen molar-refractivity contribution in [3.05, 3.63) is 0 Å². The highest BCUT2D eigenvalue weighted by Gasteiger charge is 2.01. The number of hydrogen-bond acceptors (Lipinski definition) is 3. The highest BCUT2D eigenvalue weighted by Crippen LogP contribution is 1.84. The van der Waals surface area contributed by atoms with Crippen LogP contribution in [0.25, 0.3) is 0 Å². The molecule has 0 aromatic rings. The quantitative estimate of drug-likeness (QED) is 0.463. The SMILES string of the molecule is CS(C)=O.O=C(Cl)C(=O)Cl. The molecule has 0 atom stereocenters. The minimum atomic E-state index is -1.14. The van der Waals surface area contributed by atoms with Crippen LogP contribution >= 0.6 is 23.2 Å². The van der Waals surface area contributed by atoms with Gasteiger partial charge in [0.2, 0.25) is 0 Å². The first-order chi connectivity index (χ1) is 4.37. The molecule has 0 saturated carbocycles. The zero-order valence-electron chi connectivity index (χ0n) is 5.39. The molecule has 3 nitrogen and oxygen atoms in total. The van der Waals surface area contributed by atoms with Crippen molar-refractivity contribution in [1.29, 1.82) is 0 Å². The van der Waals surface area contributed by atoms with Crippen LogP contribution in [0.2, 0.25) is 0 Å². The average molecular weight is 205 g/mol. The molecule has 0 aliphatic heterocycles. The van der Waals surface area contributed by atoms with Crippen LogP contribution in [0.4, 0.5) is 0 Å². The van der Waals surface area contributed by atoms with Crippen molar-refractivity contribution in [3.63, 3.8) is 0 Å². The molecule has 0 amide bonds. The molecule has 0 aromatic carbocycles. The molecule has 0 unspecified atom stereocenters. The van der Waals surface area contributed by atoms with E-state index in [1.807, 2.05) is 0 Å². The minimum absolute atomic E-state index is 0.611. The van der Waals surface area contributed by atoms with Crippen LogP contribution in [0.1, 0.15) is 0 Å². The first-order valence-corrected chi connectivity index (χ1v) is 4.74. The summed E-state index contributed by atoms with van der Waals surface area (Å²) >= 11 is 8.98. The summed E-state index contributed by atoms with van der Waals surface area (Å²) in [5.41, 5.74) is 0. The molecule has 0 aromatic heterocycles. The van der Waals surface area contributed by atoms with E-state index in [0.29, 0.717) is 0 Å². The van der Waals surface area contributed by atoms with Gasteiger partial charge in [0.25, 0.3) is 0 Å². The molecular formula is C4H6Cl2O3S. The molecule has 10 heavy (non-hydrogen) atoms. The van der Waals surface area contributed by atoms with Gasteiger partial charge in [0.1, 0.15) is 0 Å². The lowest BCUT2D eigenvalue weighted by atomic mass is 10.9. The Morgan fingerprint density at radius 2 is 1.20 bits per heavy atom. The zero-order chi connectivity index (χ0) is 8.73. The molecule has 0 heterocycles. The lowest BCUT2D eigenvalue weighted by Crippen LogP contribution is -1.94. The summed E-state index contributed by atoms with van der Waals surface area (Å²) in [5, 5.41) is -2.28. The third-order valence-electron chi connectivity index (χ3n) is 0.155. The second kappa shape index (κ2) is 7.18. The van der Waals surface area contributed by atoms with Crippen molar-refractivity contribution in [2.45, 2.75) is 0 Å². The Morgan fingerprint density at radius 3 is 1.20 bits per heavy atom. The second-order valence-electron chi connectivity index (χ2n) is 1.29. The molecule has 0 spiro atoms. The first-order valence-electron chi connectivity index (χ1n) is 2.02. The number of halogens is 2. The van der Waals surface area contributed by atoms with E-state index in [4.69, 9.17) is 0 Å². The fraction of sp³-hybridized carbons (Fsp3) is 0.500. The van der Waals surface area contributed by atoms with Crippen molar-refractivity contribution < 1.29 is 13.8 Å². The highest BCUT2D eigenvalue weighted by molar-refractivity contribution is 7.83. The maximum absolute atomic E-state index is 9.56. The Bertz CT molecular complexity index is 141. The summed E-state index contributed by atoms with van der Waals surface area (Å²) in [7, 11) is -0.611. The van der Waals surface area contributed by atoms with Gasteiger partial charge in [-0.1, -0.05) is 0 Å². The Morgan fingerprint density at radius 1 is 1.10 bits per heavy atom. The summed E-state index contributed by atoms with van der Waals surface area (Å²) in [4.78, 5) is 18.9. The normalized spacial score (nSPS) is 8.10. The molecule has 0 radical (unpaired) electrons. The molecule has 0 N–H and O–H groups in total. The molecule has 0 rings (SSSR count). The van der Waals surface area contributed by atoms with E-state index in [2.05, 4.69) is 23.2 Å². The van der Waals surface area contributed by atoms with Crippen LogP contribution in [0.3, 0.4) is 0 Å². The predicted octanol–water partition coefficient (Wildman–Crippen LogP) is 0.512. The van der Waals surface area contributed by atoms with Gasteiger partial charge in [0, 0.05) is 23.3 Å². The summed E-state index contributed by atoms with van der Waals surface area (Å²) in [6.45, 7) is 0. The number of rotatable bonds is 1. The number of carbonyl (C=O) groups excluding carboxylic acids is 2. The Kier molecular flexibility index (Phi) is 9.13. The maximum atomic E-state index is 9.56. The lowest BCUT2D eigenvalue weighted by Gasteiger charge is -1.67. The Hall–Kier alpha value is 0.0700. The average Bonchev–Trinajstić information content (AvgIpc) is 1.63. The topological polar surface area (TPSA) is 51.2 Å². The molecule has 0 bridgehead atoms. The Balaban J connectivity index is 0. The van der Waals surface area contributed by atoms with Crippen molar-refractivity contribution in [2.24, 2.45) is 0 Å². The van der Waals surface area contributed by atoms with Crippen molar-refractivity contribution in [1.82, 2.24) is 0 Å². The van der Waals surface area contributed by atoms with Crippen molar-refractivity contribution >= 4 is 44.5 Å². The van der Waals surface area contributed by atoms with Gasteiger partial charge in [-0.3, -0.25) is 13.8 Å². The smallest absolute Gasteiger partial charge is 0.271 e. The van der Waals surface area contributed by atoms with E-state index in [1.165, 1.54) is 0 Å². The molecule has 6 heteroatoms. The van der Waals surface area contributed by atoms with Crippen molar-refractivity contribution in [3.8, 4) is 0 Å². The lowest BCUT2D eigenvalue weighted by molar-refractivity contribution is -0.127. The summed E-state index contributed by atoms with van der Waals surface area (Å²) in [6, 6.07) is 0. The van der Waals surface area contributed by atoms with Gasteiger partial charge in [-0.05, 0) is 23.2 Å². The van der Waals surface area contributed by atoms with Gasteiger partial charge in [-0.2, -0.15) is 0 Å². The molecule has 60 valence electrons. The molecule has 0 aliphatic carbocycles. The second-order valence-corrected chi connectivity index (χ2v) is 3.46. The first kappa shape index (κ1) is 12.7. The Labute approximate surface area is 71.1 Å². The molecule has 0 aliphatic rings. The van der Waals surface area contributed by atoms with Gasteiger partial charge in [0.15, 0.2) is 0 Å². The summed E-state index contributed by atoms with van der Waals surface area (Å²) in [6.07, 6.45) is 3.28. The minimum Gasteiger partial charge on any atom is -0.271 e. The highest BCUT2D eigenvalue weighted by atomic mass is 35.5. The van der Waals surface area contributed by atoms with Gasteiger partial charge < -0.3 is 0 Å². The van der Waals surface area contributed by atoms with Gasteiger partial charge in [-0.15, -0.1) is 0 Å². The molecule has 0 saturated heterocycles. The van der Waals surface area contributed by atoms with Crippen LogP contribution in [0.5, 0.6) is 0 Å². The van der Waals surface area contributed by atoms with Crippen LogP contribution in [-0.2, 0) is 20.4 Å². The number of carbonyl (C=O) groups is 2. The van der Waals surface area contributed by atoms with Crippen LogP contribution in [0, 0.1) is 0 Å². The van der Waals surface area contributed by atoms with Crippen molar-refractivity contribution in [2.75, 3.05) is 12.5 Å². The van der Waals surface area contributed by atoms with E-state index in [1.54, 1.807) is 12.5 Å². The monoisotopic (exact) mass is 204 g/mol. The van der Waals surface area contributed by atoms with E-state index in [-0.39, 0.29) is 0 Å². The van der Waals surface area contributed by atoms with Gasteiger partial charge in [-0.25, -0.2) is 0 Å². The fourth-order valence-electron chi connectivity index (χ4n) is 0. The third kappa shape index (κ3) is 24.4. The van der Waals surface area contributed by atoms with E-state index >= 15 is 0 Å². The largest absolute Gasteiger partial charge is 0.304 e. The van der Waals surface area contributed by atoms with E-state index < -0.39 is 21.3 Å². The number of hydrogen-bond donors (Lipinski definition) is 0. The zero-order valence-corrected chi connectivity index (χ0v) is 7.72. The fourth-order valence-corrected chi connectivity index (χ4v) is 0. The van der Waals surface area contributed by atoms with Gasteiger partial charge >= 0.3 is 10.5 Å². The third-order valence-corrected chi connectivity index (χ3v) is 0.595. The molecule has 0 fully saturated rings. The summed E-state index contributed by atoms with van der Waals surface area (Å²) in [5.74, 6) is 0. The molecular weight excluding hydrogens is 199 g/mol.